The lowest BCUT2D eigenvalue weighted by Gasteiger charge is -2.31. The van der Waals surface area contributed by atoms with E-state index in [4.69, 9.17) is 5.10 Å². The van der Waals surface area contributed by atoms with Crippen LogP contribution in [0.5, 0.6) is 0 Å². The molecular weight excluding hydrogens is 363 g/mol. The second-order valence-electron chi connectivity index (χ2n) is 9.43. The van der Waals surface area contributed by atoms with Crippen molar-refractivity contribution in [2.24, 2.45) is 11.0 Å². The Bertz CT molecular complexity index is 908. The average Bonchev–Trinajstić information content (AvgIpc) is 3.28. The summed E-state index contributed by atoms with van der Waals surface area (Å²) in [5.41, 5.74) is 11.6. The van der Waals surface area contributed by atoms with Crippen LogP contribution in [0.2, 0.25) is 5.82 Å². The molecule has 0 spiro atoms. The van der Waals surface area contributed by atoms with Crippen LogP contribution < -0.4 is 10.9 Å². The quantitative estimate of drug-likeness (QED) is 0.649. The molecule has 3 aliphatic rings. The zero-order valence-corrected chi connectivity index (χ0v) is 18.1. The number of nitrogens with zero attached hydrogens (tertiary/aromatic N) is 1. The van der Waals surface area contributed by atoms with E-state index in [0.29, 0.717) is 5.92 Å². The van der Waals surface area contributed by atoms with Gasteiger partial charge in [-0.1, -0.05) is 111 Å². The molecule has 0 radical (unpaired) electrons. The molecule has 0 bridgehead atoms. The summed E-state index contributed by atoms with van der Waals surface area (Å²) in [5.74, 6) is 1.35. The van der Waals surface area contributed by atoms with Crippen LogP contribution in [0.4, 0.5) is 0 Å². The highest BCUT2D eigenvalue weighted by Crippen LogP contribution is 2.37. The van der Waals surface area contributed by atoms with E-state index < -0.39 is 0 Å². The largest absolute Gasteiger partial charge is 0.278 e. The predicted molar refractivity (Wildman–Crippen MR) is 130 cm³/mol. The first kappa shape index (κ1) is 19.7. The van der Waals surface area contributed by atoms with Crippen LogP contribution in [0.1, 0.15) is 75.3 Å². The highest BCUT2D eigenvalue weighted by Gasteiger charge is 2.29. The van der Waals surface area contributed by atoms with Crippen LogP contribution in [0.3, 0.4) is 0 Å². The van der Waals surface area contributed by atoms with Gasteiger partial charge < -0.3 is 0 Å². The number of benzene rings is 2. The standard InChI is InChI=1S/C27H33BN2/c1-2-7-15-25-24(14-6-1)26(20-10-4-3-5-11-20)29-30-27(25)21-16-18-23(19-17-21)28-22-12-8-9-13-22/h3-5,10-11,16-19,22,24,28,30H,1-2,6-9,12-15H2. The van der Waals surface area contributed by atoms with Crippen molar-refractivity contribution in [3.8, 4) is 0 Å². The van der Waals surface area contributed by atoms with Gasteiger partial charge in [-0.2, -0.15) is 5.10 Å². The highest BCUT2D eigenvalue weighted by molar-refractivity contribution is 6.55. The van der Waals surface area contributed by atoms with Gasteiger partial charge in [0.25, 0.3) is 0 Å². The molecule has 154 valence electrons. The molecule has 1 unspecified atom stereocenters. The molecule has 1 aliphatic heterocycles. The number of allylic oxidation sites excluding steroid dienone is 1. The minimum absolute atomic E-state index is 0.446. The average molecular weight is 396 g/mol. The first-order valence-electron chi connectivity index (χ1n) is 12.1. The minimum Gasteiger partial charge on any atom is -0.278 e. The second kappa shape index (κ2) is 9.24. The molecule has 1 heterocycles. The summed E-state index contributed by atoms with van der Waals surface area (Å²) in [7, 11) is 1.25. The van der Waals surface area contributed by atoms with Crippen molar-refractivity contribution in [1.82, 2.24) is 5.43 Å². The van der Waals surface area contributed by atoms with Crippen LogP contribution in [-0.4, -0.2) is 13.0 Å². The molecule has 0 saturated heterocycles. The Kier molecular flexibility index (Phi) is 6.06. The molecule has 1 atom stereocenters. The van der Waals surface area contributed by atoms with Crippen molar-refractivity contribution in [3.05, 3.63) is 71.3 Å². The van der Waals surface area contributed by atoms with Crippen molar-refractivity contribution >= 4 is 24.2 Å². The lowest BCUT2D eigenvalue weighted by molar-refractivity contribution is 0.522. The van der Waals surface area contributed by atoms with Crippen molar-refractivity contribution in [1.29, 1.82) is 0 Å². The summed E-state index contributed by atoms with van der Waals surface area (Å²) < 4.78 is 0. The molecule has 3 heteroatoms. The van der Waals surface area contributed by atoms with Crippen molar-refractivity contribution in [2.75, 3.05) is 0 Å². The zero-order valence-electron chi connectivity index (χ0n) is 18.1. The van der Waals surface area contributed by atoms with Gasteiger partial charge in [0.15, 0.2) is 7.28 Å². The Balaban J connectivity index is 1.43. The zero-order chi connectivity index (χ0) is 20.2. The fourth-order valence-electron chi connectivity index (χ4n) is 5.71. The lowest BCUT2D eigenvalue weighted by Crippen LogP contribution is -2.29. The second-order valence-corrected chi connectivity index (χ2v) is 9.43. The van der Waals surface area contributed by atoms with Gasteiger partial charge in [0.1, 0.15) is 0 Å². The topological polar surface area (TPSA) is 24.4 Å². The molecule has 5 rings (SSSR count). The van der Waals surface area contributed by atoms with Crippen molar-refractivity contribution in [2.45, 2.75) is 70.0 Å². The monoisotopic (exact) mass is 396 g/mol. The third kappa shape index (κ3) is 4.26. The van der Waals surface area contributed by atoms with Crippen LogP contribution in [0.25, 0.3) is 5.70 Å². The number of nitrogens with one attached hydrogen (secondary N) is 1. The molecule has 0 aromatic heterocycles. The van der Waals surface area contributed by atoms with Gasteiger partial charge in [0.2, 0.25) is 0 Å². The Morgan fingerprint density at radius 3 is 2.27 bits per heavy atom. The molecule has 2 saturated carbocycles. The van der Waals surface area contributed by atoms with Crippen molar-refractivity contribution in [3.63, 3.8) is 0 Å². The number of hydrogen-bond donors (Lipinski definition) is 1. The molecule has 2 aliphatic carbocycles. The van der Waals surface area contributed by atoms with E-state index >= 15 is 0 Å². The van der Waals surface area contributed by atoms with Gasteiger partial charge >= 0.3 is 0 Å². The molecule has 0 amide bonds. The summed E-state index contributed by atoms with van der Waals surface area (Å²) in [6, 6.07) is 20.1. The molecule has 30 heavy (non-hydrogen) atoms. The number of hydrogen-bond acceptors (Lipinski definition) is 2. The maximum absolute atomic E-state index is 4.93. The van der Waals surface area contributed by atoms with Gasteiger partial charge in [-0.15, -0.1) is 0 Å². The summed E-state index contributed by atoms with van der Waals surface area (Å²) in [6.45, 7) is 0. The fourth-order valence-corrected chi connectivity index (χ4v) is 5.71. The Labute approximate surface area is 182 Å². The fraction of sp³-hybridized carbons (Fsp3) is 0.444. The molecular formula is C27H33BN2. The maximum atomic E-state index is 4.93. The van der Waals surface area contributed by atoms with Gasteiger partial charge in [-0.3, -0.25) is 5.43 Å². The van der Waals surface area contributed by atoms with E-state index in [-0.39, 0.29) is 0 Å². The van der Waals surface area contributed by atoms with E-state index in [0.717, 1.165) is 5.82 Å². The lowest BCUT2D eigenvalue weighted by atomic mass is 9.58. The number of rotatable bonds is 4. The van der Waals surface area contributed by atoms with Crippen LogP contribution >= 0.6 is 0 Å². The Morgan fingerprint density at radius 2 is 1.47 bits per heavy atom. The van der Waals surface area contributed by atoms with E-state index in [9.17, 15) is 0 Å². The van der Waals surface area contributed by atoms with Gasteiger partial charge in [-0.05, 0) is 36.0 Å². The van der Waals surface area contributed by atoms with E-state index in [1.807, 2.05) is 0 Å². The van der Waals surface area contributed by atoms with Crippen LogP contribution in [-0.2, 0) is 0 Å². The van der Waals surface area contributed by atoms with E-state index in [2.05, 4.69) is 60.0 Å². The SMILES string of the molecule is B(c1ccc(C2=C3CCCCCCC3C(c3ccccc3)=NN2)cc1)C1CCCC1. The van der Waals surface area contributed by atoms with Gasteiger partial charge in [0.05, 0.1) is 11.4 Å². The molecule has 2 fully saturated rings. The molecule has 2 nitrogen and oxygen atoms in total. The first-order chi connectivity index (χ1) is 14.9. The summed E-state index contributed by atoms with van der Waals surface area (Å²) >= 11 is 0. The van der Waals surface area contributed by atoms with E-state index in [1.165, 1.54) is 99.5 Å². The Hall–Kier alpha value is -2.29. The summed E-state index contributed by atoms with van der Waals surface area (Å²) in [6.07, 6.45) is 13.4. The molecule has 2 aromatic carbocycles. The first-order valence-corrected chi connectivity index (χ1v) is 12.1. The maximum Gasteiger partial charge on any atom is 0.160 e. The third-order valence-corrected chi connectivity index (χ3v) is 7.36. The van der Waals surface area contributed by atoms with Gasteiger partial charge in [-0.25, -0.2) is 0 Å². The smallest absolute Gasteiger partial charge is 0.160 e. The third-order valence-electron chi connectivity index (χ3n) is 7.36. The molecule has 1 N–H and O–H groups in total. The number of hydrazone groups is 1. The van der Waals surface area contributed by atoms with Crippen LogP contribution in [0.15, 0.2) is 65.3 Å². The van der Waals surface area contributed by atoms with Crippen LogP contribution in [0, 0.1) is 5.92 Å². The normalized spacial score (nSPS) is 22.5. The number of fused-ring (bicyclic) bond motifs is 1. The predicted octanol–water partition coefficient (Wildman–Crippen LogP) is 5.80. The molecule has 2 aromatic rings. The van der Waals surface area contributed by atoms with E-state index in [1.54, 1.807) is 5.57 Å². The summed E-state index contributed by atoms with van der Waals surface area (Å²) in [5, 5.41) is 4.93. The summed E-state index contributed by atoms with van der Waals surface area (Å²) in [4.78, 5) is 0. The Morgan fingerprint density at radius 1 is 0.733 bits per heavy atom. The van der Waals surface area contributed by atoms with Crippen molar-refractivity contribution < 1.29 is 0 Å². The minimum atomic E-state index is 0.446. The van der Waals surface area contributed by atoms with Gasteiger partial charge in [0, 0.05) is 5.92 Å². The highest BCUT2D eigenvalue weighted by atomic mass is 15.3.